The van der Waals surface area contributed by atoms with Gasteiger partial charge in [-0.05, 0) is 0 Å². The van der Waals surface area contributed by atoms with Crippen LogP contribution in [0.1, 0.15) is 19.8 Å². The van der Waals surface area contributed by atoms with Gasteiger partial charge < -0.3 is 0 Å². The van der Waals surface area contributed by atoms with E-state index >= 15 is 0 Å². The molecule has 70 valence electrons. The monoisotopic (exact) mass is 348 g/mol. The van der Waals surface area contributed by atoms with Gasteiger partial charge in [-0.2, -0.15) is 0 Å². The third-order valence-electron chi connectivity index (χ3n) is 1.96. The Morgan fingerprint density at radius 1 is 1.62 bits per heavy atom. The summed E-state index contributed by atoms with van der Waals surface area (Å²) < 4.78 is 6.16. The molecule has 1 aliphatic carbocycles. The summed E-state index contributed by atoms with van der Waals surface area (Å²) in [5.41, 5.74) is 1.99. The molecule has 3 heteroatoms. The van der Waals surface area contributed by atoms with E-state index in [1.165, 1.54) is 24.9 Å². The van der Waals surface area contributed by atoms with E-state index in [0.717, 1.165) is 22.5 Å². The van der Waals surface area contributed by atoms with Crippen molar-refractivity contribution < 1.29 is 28.9 Å². The molecular formula is C10H12O2W. The number of ketones is 1. The Labute approximate surface area is 89.1 Å². The quantitative estimate of drug-likeness (QED) is 0.774. The van der Waals surface area contributed by atoms with Crippen LogP contribution in [0.25, 0.3) is 0 Å². The van der Waals surface area contributed by atoms with Crippen LogP contribution >= 0.6 is 0 Å². The van der Waals surface area contributed by atoms with Crippen molar-refractivity contribution in [2.45, 2.75) is 19.8 Å². The van der Waals surface area contributed by atoms with E-state index in [-0.39, 0.29) is 5.78 Å². The zero-order valence-corrected chi connectivity index (χ0v) is 10.7. The molecule has 0 aromatic carbocycles. The van der Waals surface area contributed by atoms with Crippen LogP contribution in [0, 0.1) is 0 Å². The van der Waals surface area contributed by atoms with Crippen molar-refractivity contribution in [1.29, 1.82) is 0 Å². The normalized spacial score (nSPS) is 16.2. The molecule has 0 fully saturated rings. The Bertz CT molecular complexity index is 300. The van der Waals surface area contributed by atoms with Gasteiger partial charge in [-0.3, -0.25) is 0 Å². The number of hydrogen-bond donors (Lipinski definition) is 0. The molecule has 0 heterocycles. The molecule has 0 aliphatic heterocycles. The number of carbonyl (C=O) groups excluding carboxylic acids is 1. The molecule has 0 saturated heterocycles. The summed E-state index contributed by atoms with van der Waals surface area (Å²) >= 11 is 1.31. The summed E-state index contributed by atoms with van der Waals surface area (Å²) in [4.78, 5) is 11.1. The molecule has 0 unspecified atom stereocenters. The van der Waals surface area contributed by atoms with Gasteiger partial charge in [-0.25, -0.2) is 0 Å². The number of Topliss-reactive ketones (excluding diaryl/α,β-unsaturated/α-hetero) is 1. The van der Waals surface area contributed by atoms with Crippen molar-refractivity contribution in [3.05, 3.63) is 23.3 Å². The fourth-order valence-electron chi connectivity index (χ4n) is 1.24. The molecule has 0 N–H and O–H groups in total. The summed E-state index contributed by atoms with van der Waals surface area (Å²) in [6.45, 7) is 1.60. The average molecular weight is 348 g/mol. The molecule has 0 amide bonds. The standard InChI is InChI=1S/C10H12O2.W/c1-8(11)10-5-3-4-9(6-10)7-12-2;/h5-6H,3-4H2,1-2H3;. The second-order valence-electron chi connectivity index (χ2n) is 2.92. The SMILES string of the molecule is CO[C](=[W])C1=CC(C(C)=O)=CCC1. The van der Waals surface area contributed by atoms with Crippen molar-refractivity contribution in [1.82, 2.24) is 0 Å². The van der Waals surface area contributed by atoms with Crippen LogP contribution in [0.15, 0.2) is 23.3 Å². The summed E-state index contributed by atoms with van der Waals surface area (Å²) in [7, 11) is 1.68. The van der Waals surface area contributed by atoms with Crippen LogP contribution < -0.4 is 0 Å². The minimum absolute atomic E-state index is 0.135. The van der Waals surface area contributed by atoms with E-state index in [1.807, 2.05) is 12.2 Å². The molecule has 0 spiro atoms. The number of ether oxygens (including phenoxy) is 1. The summed E-state index contributed by atoms with van der Waals surface area (Å²) in [5.74, 6) is 0.135. The van der Waals surface area contributed by atoms with Crippen molar-refractivity contribution in [3.8, 4) is 0 Å². The summed E-state index contributed by atoms with van der Waals surface area (Å²) in [6.07, 6.45) is 5.87. The van der Waals surface area contributed by atoms with E-state index in [0.29, 0.717) is 0 Å². The zero-order chi connectivity index (χ0) is 9.84. The first-order valence-corrected chi connectivity index (χ1v) is 5.62. The van der Waals surface area contributed by atoms with E-state index in [9.17, 15) is 4.79 Å². The molecule has 0 saturated carbocycles. The van der Waals surface area contributed by atoms with E-state index in [4.69, 9.17) is 4.74 Å². The van der Waals surface area contributed by atoms with E-state index in [1.54, 1.807) is 14.0 Å². The summed E-state index contributed by atoms with van der Waals surface area (Å²) in [5, 5.41) is 0. The second kappa shape index (κ2) is 4.78. The Morgan fingerprint density at radius 3 is 2.85 bits per heavy atom. The van der Waals surface area contributed by atoms with Crippen molar-refractivity contribution >= 4 is 9.87 Å². The number of rotatable bonds is 3. The minimum atomic E-state index is 0.135. The summed E-state index contributed by atoms with van der Waals surface area (Å²) in [6, 6.07) is 0. The van der Waals surface area contributed by atoms with Crippen molar-refractivity contribution in [2.24, 2.45) is 0 Å². The van der Waals surface area contributed by atoms with Crippen LogP contribution in [0.2, 0.25) is 0 Å². The third kappa shape index (κ3) is 2.82. The predicted octanol–water partition coefficient (Wildman–Crippen LogP) is 1.55. The number of hydrogen-bond acceptors (Lipinski definition) is 2. The average Bonchev–Trinajstić information content (AvgIpc) is 2.17. The first kappa shape index (κ1) is 10.7. The first-order valence-electron chi connectivity index (χ1n) is 4.15. The topological polar surface area (TPSA) is 26.3 Å². The van der Waals surface area contributed by atoms with Crippen LogP contribution in [0.4, 0.5) is 0 Å². The van der Waals surface area contributed by atoms with Crippen molar-refractivity contribution in [2.75, 3.05) is 7.11 Å². The van der Waals surface area contributed by atoms with Gasteiger partial charge in [-0.1, -0.05) is 0 Å². The second-order valence-corrected chi connectivity index (χ2v) is 4.25. The van der Waals surface area contributed by atoms with Crippen molar-refractivity contribution in [3.63, 3.8) is 0 Å². The molecule has 0 bridgehead atoms. The first-order chi connectivity index (χ1) is 6.15. The van der Waals surface area contributed by atoms with Gasteiger partial charge >= 0.3 is 88.9 Å². The molecule has 2 nitrogen and oxygen atoms in total. The Morgan fingerprint density at radius 2 is 2.31 bits per heavy atom. The Kier molecular flexibility index (Phi) is 3.95. The van der Waals surface area contributed by atoms with Crippen LogP contribution in [0.5, 0.6) is 0 Å². The molecule has 13 heavy (non-hydrogen) atoms. The van der Waals surface area contributed by atoms with Crippen LogP contribution in [-0.2, 0) is 28.9 Å². The fourth-order valence-corrected chi connectivity index (χ4v) is 1.82. The molecule has 0 aromatic heterocycles. The van der Waals surface area contributed by atoms with Crippen LogP contribution in [0.3, 0.4) is 0 Å². The fraction of sp³-hybridized carbons (Fsp3) is 0.400. The Balaban J connectivity index is 2.84. The molecule has 1 aliphatic rings. The molecule has 0 aromatic rings. The molecular weight excluding hydrogens is 336 g/mol. The van der Waals surface area contributed by atoms with Gasteiger partial charge in [0.05, 0.1) is 0 Å². The van der Waals surface area contributed by atoms with Crippen LogP contribution in [-0.4, -0.2) is 17.0 Å². The third-order valence-corrected chi connectivity index (χ3v) is 3.50. The predicted molar refractivity (Wildman–Crippen MR) is 48.1 cm³/mol. The zero-order valence-electron chi connectivity index (χ0n) is 7.79. The maximum absolute atomic E-state index is 11.1. The van der Waals surface area contributed by atoms with E-state index < -0.39 is 0 Å². The molecule has 0 radical (unpaired) electrons. The van der Waals surface area contributed by atoms with Gasteiger partial charge in [0.25, 0.3) is 0 Å². The Hall–Kier alpha value is -0.332. The number of methoxy groups -OCH3 is 1. The van der Waals surface area contributed by atoms with E-state index in [2.05, 4.69) is 0 Å². The number of carbonyl (C=O) groups is 1. The maximum atomic E-state index is 11.1. The van der Waals surface area contributed by atoms with Gasteiger partial charge in [0.2, 0.25) is 0 Å². The molecule has 0 atom stereocenters. The van der Waals surface area contributed by atoms with Gasteiger partial charge in [0.1, 0.15) is 0 Å². The van der Waals surface area contributed by atoms with Gasteiger partial charge in [0.15, 0.2) is 0 Å². The molecule has 1 rings (SSSR count). The number of allylic oxidation sites excluding steroid dienone is 3. The van der Waals surface area contributed by atoms with Gasteiger partial charge in [0, 0.05) is 0 Å². The van der Waals surface area contributed by atoms with Gasteiger partial charge in [-0.15, -0.1) is 0 Å².